The standard InChI is InChI=1S/C17H24ClN3O3/c1-4-5-19-17(23)21-8-6-20(7-9-21)16(22)13-11-14(18)15(24-3)10-12(13)2/h10-11H,4-9H2,1-3H3,(H,19,23). The molecule has 0 unspecified atom stereocenters. The summed E-state index contributed by atoms with van der Waals surface area (Å²) < 4.78 is 5.17. The van der Waals surface area contributed by atoms with Crippen LogP contribution in [0.4, 0.5) is 4.79 Å². The van der Waals surface area contributed by atoms with Gasteiger partial charge < -0.3 is 19.9 Å². The van der Waals surface area contributed by atoms with Crippen LogP contribution in [0.2, 0.25) is 5.02 Å². The van der Waals surface area contributed by atoms with E-state index in [9.17, 15) is 9.59 Å². The van der Waals surface area contributed by atoms with Gasteiger partial charge in [0.2, 0.25) is 0 Å². The average Bonchev–Trinajstić information content (AvgIpc) is 2.60. The van der Waals surface area contributed by atoms with Crippen LogP contribution >= 0.6 is 11.6 Å². The van der Waals surface area contributed by atoms with Crippen molar-refractivity contribution in [3.05, 3.63) is 28.3 Å². The quantitative estimate of drug-likeness (QED) is 0.904. The molecule has 1 aliphatic rings. The highest BCUT2D eigenvalue weighted by Crippen LogP contribution is 2.28. The number of ether oxygens (including phenoxy) is 1. The second-order valence-corrected chi connectivity index (χ2v) is 6.22. The number of hydrogen-bond donors (Lipinski definition) is 1. The lowest BCUT2D eigenvalue weighted by Crippen LogP contribution is -2.53. The summed E-state index contributed by atoms with van der Waals surface area (Å²) in [4.78, 5) is 28.2. The van der Waals surface area contributed by atoms with Crippen LogP contribution in [0.15, 0.2) is 12.1 Å². The predicted molar refractivity (Wildman–Crippen MR) is 93.9 cm³/mol. The van der Waals surface area contributed by atoms with E-state index in [0.29, 0.717) is 49.1 Å². The molecule has 132 valence electrons. The molecule has 0 aromatic heterocycles. The Morgan fingerprint density at radius 2 is 1.83 bits per heavy atom. The number of carbonyl (C=O) groups is 2. The molecule has 0 saturated carbocycles. The Morgan fingerprint density at radius 3 is 2.42 bits per heavy atom. The summed E-state index contributed by atoms with van der Waals surface area (Å²) in [5, 5.41) is 3.28. The Hall–Kier alpha value is -1.95. The zero-order valence-corrected chi connectivity index (χ0v) is 15.2. The fourth-order valence-electron chi connectivity index (χ4n) is 2.67. The van der Waals surface area contributed by atoms with Crippen molar-refractivity contribution in [2.45, 2.75) is 20.3 Å². The van der Waals surface area contributed by atoms with Crippen LogP contribution in [0.5, 0.6) is 5.75 Å². The highest BCUT2D eigenvalue weighted by molar-refractivity contribution is 6.32. The lowest BCUT2D eigenvalue weighted by Gasteiger charge is -2.35. The van der Waals surface area contributed by atoms with Gasteiger partial charge in [-0.3, -0.25) is 4.79 Å². The molecule has 1 aromatic carbocycles. The van der Waals surface area contributed by atoms with E-state index in [2.05, 4.69) is 5.32 Å². The number of piperazine rings is 1. The molecule has 2 rings (SSSR count). The third-order valence-corrected chi connectivity index (χ3v) is 4.40. The molecule has 0 spiro atoms. The number of nitrogens with one attached hydrogen (secondary N) is 1. The molecule has 3 amide bonds. The zero-order chi connectivity index (χ0) is 17.7. The van der Waals surface area contributed by atoms with Crippen LogP contribution in [0.3, 0.4) is 0 Å². The first-order valence-electron chi connectivity index (χ1n) is 8.14. The van der Waals surface area contributed by atoms with Gasteiger partial charge in [0.25, 0.3) is 5.91 Å². The van der Waals surface area contributed by atoms with Gasteiger partial charge in [-0.1, -0.05) is 18.5 Å². The average molecular weight is 354 g/mol. The van der Waals surface area contributed by atoms with E-state index >= 15 is 0 Å². The Labute approximate surface area is 147 Å². The molecule has 1 N–H and O–H groups in total. The molecule has 7 heteroatoms. The molecule has 0 radical (unpaired) electrons. The molecule has 1 aromatic rings. The van der Waals surface area contributed by atoms with Gasteiger partial charge in [0.05, 0.1) is 12.1 Å². The molecule has 1 saturated heterocycles. The van der Waals surface area contributed by atoms with Gasteiger partial charge in [-0.05, 0) is 31.0 Å². The van der Waals surface area contributed by atoms with Crippen LogP contribution in [-0.4, -0.2) is 61.6 Å². The maximum atomic E-state index is 12.7. The van der Waals surface area contributed by atoms with Crippen LogP contribution < -0.4 is 10.1 Å². The van der Waals surface area contributed by atoms with E-state index in [1.807, 2.05) is 13.8 Å². The van der Waals surface area contributed by atoms with Crippen molar-refractivity contribution >= 4 is 23.5 Å². The minimum Gasteiger partial charge on any atom is -0.495 e. The first-order chi connectivity index (χ1) is 11.5. The Morgan fingerprint density at radius 1 is 1.21 bits per heavy atom. The van der Waals surface area contributed by atoms with E-state index in [0.717, 1.165) is 12.0 Å². The first-order valence-corrected chi connectivity index (χ1v) is 8.52. The van der Waals surface area contributed by atoms with Crippen molar-refractivity contribution in [2.24, 2.45) is 0 Å². The Balaban J connectivity index is 2.00. The van der Waals surface area contributed by atoms with Crippen LogP contribution in [0.1, 0.15) is 29.3 Å². The Kier molecular flexibility index (Phi) is 6.31. The fraction of sp³-hybridized carbons (Fsp3) is 0.529. The van der Waals surface area contributed by atoms with Crippen molar-refractivity contribution in [1.29, 1.82) is 0 Å². The van der Waals surface area contributed by atoms with Gasteiger partial charge in [0, 0.05) is 38.3 Å². The molecule has 24 heavy (non-hydrogen) atoms. The molecule has 0 bridgehead atoms. The first kappa shape index (κ1) is 18.4. The summed E-state index contributed by atoms with van der Waals surface area (Å²) in [6, 6.07) is 3.36. The normalized spacial score (nSPS) is 14.5. The van der Waals surface area contributed by atoms with Crippen molar-refractivity contribution in [1.82, 2.24) is 15.1 Å². The summed E-state index contributed by atoms with van der Waals surface area (Å²) in [6.45, 7) is 6.64. The number of nitrogens with zero attached hydrogens (tertiary/aromatic N) is 2. The minimum atomic E-state index is -0.0642. The van der Waals surface area contributed by atoms with E-state index < -0.39 is 0 Å². The summed E-state index contributed by atoms with van der Waals surface area (Å²) in [7, 11) is 1.55. The highest BCUT2D eigenvalue weighted by atomic mass is 35.5. The number of methoxy groups -OCH3 is 1. The second kappa shape index (κ2) is 8.24. The Bertz CT molecular complexity index is 613. The predicted octanol–water partition coefficient (Wildman–Crippen LogP) is 2.53. The monoisotopic (exact) mass is 353 g/mol. The summed E-state index contributed by atoms with van der Waals surface area (Å²) in [6.07, 6.45) is 0.904. The van der Waals surface area contributed by atoms with Crippen molar-refractivity contribution in [2.75, 3.05) is 39.8 Å². The van der Waals surface area contributed by atoms with Gasteiger partial charge in [0.1, 0.15) is 5.75 Å². The van der Waals surface area contributed by atoms with Crippen molar-refractivity contribution < 1.29 is 14.3 Å². The van der Waals surface area contributed by atoms with Crippen LogP contribution in [0.25, 0.3) is 0 Å². The van der Waals surface area contributed by atoms with Gasteiger partial charge >= 0.3 is 6.03 Å². The molecular weight excluding hydrogens is 330 g/mol. The summed E-state index contributed by atoms with van der Waals surface area (Å²) in [5.41, 5.74) is 1.40. The number of halogens is 1. The molecule has 0 aliphatic carbocycles. The lowest BCUT2D eigenvalue weighted by atomic mass is 10.1. The minimum absolute atomic E-state index is 0.0624. The molecule has 1 fully saturated rings. The largest absolute Gasteiger partial charge is 0.495 e. The van der Waals surface area contributed by atoms with Crippen LogP contribution in [0, 0.1) is 6.92 Å². The third-order valence-electron chi connectivity index (χ3n) is 4.11. The van der Waals surface area contributed by atoms with E-state index in [-0.39, 0.29) is 11.9 Å². The number of urea groups is 1. The molecule has 1 aliphatic heterocycles. The van der Waals surface area contributed by atoms with E-state index in [1.54, 1.807) is 29.0 Å². The maximum Gasteiger partial charge on any atom is 0.317 e. The number of hydrogen-bond acceptors (Lipinski definition) is 3. The SMILES string of the molecule is CCCNC(=O)N1CCN(C(=O)c2cc(Cl)c(OC)cc2C)CC1. The van der Waals surface area contributed by atoms with Crippen molar-refractivity contribution in [3.63, 3.8) is 0 Å². The van der Waals surface area contributed by atoms with E-state index in [1.165, 1.54) is 0 Å². The topological polar surface area (TPSA) is 61.9 Å². The number of carbonyl (C=O) groups excluding carboxylic acids is 2. The third kappa shape index (κ3) is 4.12. The number of aryl methyl sites for hydroxylation is 1. The summed E-state index contributed by atoms with van der Waals surface area (Å²) >= 11 is 6.14. The number of amides is 3. The van der Waals surface area contributed by atoms with Gasteiger partial charge in [-0.25, -0.2) is 4.79 Å². The zero-order valence-electron chi connectivity index (χ0n) is 14.4. The molecule has 1 heterocycles. The fourth-order valence-corrected chi connectivity index (χ4v) is 2.91. The van der Waals surface area contributed by atoms with E-state index in [4.69, 9.17) is 16.3 Å². The lowest BCUT2D eigenvalue weighted by molar-refractivity contribution is 0.0664. The van der Waals surface area contributed by atoms with Gasteiger partial charge in [0.15, 0.2) is 0 Å². The maximum absolute atomic E-state index is 12.7. The summed E-state index contributed by atoms with van der Waals surface area (Å²) in [5.74, 6) is 0.494. The van der Waals surface area contributed by atoms with Crippen LogP contribution in [-0.2, 0) is 0 Å². The van der Waals surface area contributed by atoms with Gasteiger partial charge in [-0.2, -0.15) is 0 Å². The number of rotatable bonds is 4. The molecule has 0 atom stereocenters. The van der Waals surface area contributed by atoms with Crippen molar-refractivity contribution in [3.8, 4) is 5.75 Å². The molecule has 6 nitrogen and oxygen atoms in total. The smallest absolute Gasteiger partial charge is 0.317 e. The second-order valence-electron chi connectivity index (χ2n) is 5.81. The molecular formula is C17H24ClN3O3. The highest BCUT2D eigenvalue weighted by Gasteiger charge is 2.26. The number of benzene rings is 1. The van der Waals surface area contributed by atoms with Gasteiger partial charge in [-0.15, -0.1) is 0 Å².